The fraction of sp³-hybridized carbons (Fsp3) is 0.939. The Hall–Kier alpha value is -0.580. The van der Waals surface area contributed by atoms with Crippen LogP contribution in [0.2, 0.25) is 0 Å². The van der Waals surface area contributed by atoms with Crippen molar-refractivity contribution in [2.24, 2.45) is 46.3 Å². The maximum absolute atomic E-state index is 10.5. The second-order valence-corrected chi connectivity index (χ2v) is 15.7. The van der Waals surface area contributed by atoms with Gasteiger partial charge in [0.05, 0.1) is 25.4 Å². The number of ether oxygens (including phenoxy) is 3. The zero-order valence-corrected chi connectivity index (χ0v) is 25.5. The highest BCUT2D eigenvalue weighted by Gasteiger charge is 2.69. The molecule has 8 heteroatoms. The first-order valence-corrected chi connectivity index (χ1v) is 16.7. The Bertz CT molecular complexity index is 1030. The highest BCUT2D eigenvalue weighted by molar-refractivity contribution is 5.26. The van der Waals surface area contributed by atoms with Crippen molar-refractivity contribution in [3.8, 4) is 0 Å². The van der Waals surface area contributed by atoms with Crippen LogP contribution in [-0.2, 0) is 14.2 Å². The molecule has 0 aromatic heterocycles. The third-order valence-electron chi connectivity index (χ3n) is 13.9. The number of aliphatic hydroxyl groups is 4. The molecule has 4 aliphatic carbocycles. The molecule has 7 aliphatic rings. The molecule has 1 spiro atoms. The van der Waals surface area contributed by atoms with Gasteiger partial charge in [0.25, 0.3) is 0 Å². The standard InChI is InChI=1S/C33H53NO7/c1-17-7-12-33(34-15-17)18(2)26-24(41-33)14-23-21-6-5-19-13-20(8-10-31(19,3)22(21)9-11-32(23,26)4)39-30-29(38)28(37)27(36)25(16-35)40-30/h5,17-18,20-30,34-38H,6-16H2,1-4H3/p+1/t17-,18+,20+,21-,22+,23+,24+,25-,26+,27-,28+,29-,30-,31+,32+,33-/m1/s1. The van der Waals surface area contributed by atoms with Gasteiger partial charge in [0.2, 0.25) is 5.72 Å². The van der Waals surface area contributed by atoms with Crippen LogP contribution in [0.3, 0.4) is 0 Å². The van der Waals surface area contributed by atoms with Crippen LogP contribution in [0.5, 0.6) is 0 Å². The Labute approximate surface area is 245 Å². The van der Waals surface area contributed by atoms with Gasteiger partial charge in [-0.15, -0.1) is 0 Å². The van der Waals surface area contributed by atoms with Crippen LogP contribution in [0.4, 0.5) is 0 Å². The third-order valence-corrected chi connectivity index (χ3v) is 13.9. The molecule has 6 N–H and O–H groups in total. The van der Waals surface area contributed by atoms with Gasteiger partial charge >= 0.3 is 0 Å². The zero-order valence-electron chi connectivity index (χ0n) is 25.5. The highest BCUT2D eigenvalue weighted by atomic mass is 16.7. The predicted molar refractivity (Wildman–Crippen MR) is 151 cm³/mol. The number of quaternary nitrogens is 1. The molecule has 6 fully saturated rings. The molecular formula is C33H54NO7+. The molecule has 232 valence electrons. The first-order chi connectivity index (χ1) is 19.5. The van der Waals surface area contributed by atoms with Crippen molar-refractivity contribution in [3.63, 3.8) is 0 Å². The minimum absolute atomic E-state index is 0.0115. The first-order valence-electron chi connectivity index (χ1n) is 16.7. The maximum Gasteiger partial charge on any atom is 0.203 e. The molecule has 0 unspecified atom stereocenters. The van der Waals surface area contributed by atoms with E-state index < -0.39 is 37.3 Å². The molecule has 8 nitrogen and oxygen atoms in total. The van der Waals surface area contributed by atoms with Crippen LogP contribution in [0, 0.1) is 46.3 Å². The first kappa shape index (κ1) is 29.1. The summed E-state index contributed by atoms with van der Waals surface area (Å²) in [4.78, 5) is 0. The molecule has 0 radical (unpaired) electrons. The van der Waals surface area contributed by atoms with Gasteiger partial charge in [0.15, 0.2) is 6.29 Å². The number of hydrogen-bond donors (Lipinski definition) is 5. The second-order valence-electron chi connectivity index (χ2n) is 15.7. The van der Waals surface area contributed by atoms with Gasteiger partial charge in [-0.05, 0) is 80.0 Å². The summed E-state index contributed by atoms with van der Waals surface area (Å²) in [6.07, 6.45) is 6.85. The lowest BCUT2D eigenvalue weighted by Gasteiger charge is -2.58. The normalized spacial score (nSPS) is 58.3. The summed E-state index contributed by atoms with van der Waals surface area (Å²) in [6, 6.07) is 0. The van der Waals surface area contributed by atoms with Gasteiger partial charge in [0.1, 0.15) is 24.4 Å². The Kier molecular flexibility index (Phi) is 7.27. The van der Waals surface area contributed by atoms with E-state index in [1.165, 1.54) is 44.2 Å². The van der Waals surface area contributed by atoms with Crippen LogP contribution in [0.15, 0.2) is 11.6 Å². The number of nitrogens with two attached hydrogens (primary N) is 1. The van der Waals surface area contributed by atoms with Crippen LogP contribution >= 0.6 is 0 Å². The van der Waals surface area contributed by atoms with Crippen LogP contribution in [0.1, 0.15) is 85.5 Å². The number of hydrogen-bond acceptors (Lipinski definition) is 7. The highest BCUT2D eigenvalue weighted by Crippen LogP contribution is 2.70. The van der Waals surface area contributed by atoms with E-state index in [0.717, 1.165) is 37.5 Å². The van der Waals surface area contributed by atoms with E-state index in [0.29, 0.717) is 35.2 Å². The zero-order chi connectivity index (χ0) is 28.9. The number of fused-ring (bicyclic) bond motifs is 7. The van der Waals surface area contributed by atoms with Gasteiger partial charge < -0.3 is 40.0 Å². The SMILES string of the molecule is C[C@@H]1CC[C@@]2([NH2+]C1)O[C@H]1C[C@H]3[C@@H]4CC=C5C[C@@H](O[C@@H]6O[C@H](CO)[C@@H](O)[C@H](O)[C@H]6O)CC[C@]5(C)[C@H]4CC[C@]3(C)[C@H]1[C@@H]2C. The summed E-state index contributed by atoms with van der Waals surface area (Å²) >= 11 is 0. The Balaban J connectivity index is 1.05. The van der Waals surface area contributed by atoms with E-state index in [4.69, 9.17) is 14.2 Å². The number of allylic oxidation sites excluding steroid dienone is 1. The van der Waals surface area contributed by atoms with Crippen molar-refractivity contribution in [1.29, 1.82) is 0 Å². The molecule has 0 aromatic carbocycles. The molecule has 3 saturated carbocycles. The topological polar surface area (TPSA) is 125 Å². The number of aliphatic hydroxyl groups excluding tert-OH is 4. The summed E-state index contributed by atoms with van der Waals surface area (Å²) in [5.41, 5.74) is 2.02. The van der Waals surface area contributed by atoms with Gasteiger partial charge in [-0.25, -0.2) is 0 Å². The molecule has 3 heterocycles. The lowest BCUT2D eigenvalue weighted by atomic mass is 9.47. The molecule has 0 bridgehead atoms. The third kappa shape index (κ3) is 4.29. The van der Waals surface area contributed by atoms with Crippen LogP contribution in [0.25, 0.3) is 0 Å². The fourth-order valence-corrected chi connectivity index (χ4v) is 11.5. The minimum Gasteiger partial charge on any atom is -0.394 e. The molecule has 7 rings (SSSR count). The number of piperidine rings is 1. The summed E-state index contributed by atoms with van der Waals surface area (Å²) < 4.78 is 19.0. The van der Waals surface area contributed by atoms with Gasteiger partial charge in [0, 0.05) is 24.2 Å². The number of rotatable bonds is 3. The average molecular weight is 577 g/mol. The Morgan fingerprint density at radius 1 is 1.00 bits per heavy atom. The van der Waals surface area contributed by atoms with E-state index in [1.807, 2.05) is 0 Å². The van der Waals surface area contributed by atoms with Crippen molar-refractivity contribution in [3.05, 3.63) is 11.6 Å². The monoisotopic (exact) mass is 576 g/mol. The average Bonchev–Trinajstić information content (AvgIpc) is 3.40. The van der Waals surface area contributed by atoms with Crippen molar-refractivity contribution < 1.29 is 40.0 Å². The van der Waals surface area contributed by atoms with E-state index in [-0.39, 0.29) is 17.2 Å². The second kappa shape index (κ2) is 10.2. The van der Waals surface area contributed by atoms with Crippen molar-refractivity contribution in [2.75, 3.05) is 13.2 Å². The van der Waals surface area contributed by atoms with Crippen LogP contribution in [-0.4, -0.2) is 82.2 Å². The van der Waals surface area contributed by atoms with Crippen molar-refractivity contribution in [1.82, 2.24) is 0 Å². The summed E-state index contributed by atoms with van der Waals surface area (Å²) in [5.74, 6) is 4.16. The molecular weight excluding hydrogens is 522 g/mol. The van der Waals surface area contributed by atoms with Gasteiger partial charge in [-0.2, -0.15) is 0 Å². The molecule has 0 aromatic rings. The smallest absolute Gasteiger partial charge is 0.203 e. The predicted octanol–water partition coefficient (Wildman–Crippen LogP) is 2.08. The largest absolute Gasteiger partial charge is 0.394 e. The van der Waals surface area contributed by atoms with Crippen molar-refractivity contribution in [2.45, 2.75) is 134 Å². The maximum atomic E-state index is 10.5. The molecule has 16 atom stereocenters. The minimum atomic E-state index is -1.40. The van der Waals surface area contributed by atoms with Gasteiger partial charge in [-0.1, -0.05) is 39.3 Å². The quantitative estimate of drug-likeness (QED) is 0.326. The summed E-state index contributed by atoms with van der Waals surface area (Å²) in [5, 5.41) is 43.0. The van der Waals surface area contributed by atoms with Crippen LogP contribution < -0.4 is 5.32 Å². The van der Waals surface area contributed by atoms with Gasteiger partial charge in [-0.3, -0.25) is 0 Å². The Morgan fingerprint density at radius 3 is 2.54 bits per heavy atom. The molecule has 3 aliphatic heterocycles. The van der Waals surface area contributed by atoms with Crippen molar-refractivity contribution >= 4 is 0 Å². The van der Waals surface area contributed by atoms with E-state index >= 15 is 0 Å². The van der Waals surface area contributed by atoms with E-state index in [2.05, 4.69) is 39.1 Å². The summed E-state index contributed by atoms with van der Waals surface area (Å²) in [6.45, 7) is 10.8. The van der Waals surface area contributed by atoms with E-state index in [9.17, 15) is 20.4 Å². The molecule has 3 saturated heterocycles. The lowest BCUT2D eigenvalue weighted by Crippen LogP contribution is -3.00. The fourth-order valence-electron chi connectivity index (χ4n) is 11.5. The summed E-state index contributed by atoms with van der Waals surface area (Å²) in [7, 11) is 0. The molecule has 0 amide bonds. The van der Waals surface area contributed by atoms with E-state index in [1.54, 1.807) is 0 Å². The Morgan fingerprint density at radius 2 is 1.80 bits per heavy atom. The lowest BCUT2D eigenvalue weighted by molar-refractivity contribution is -0.786. The molecule has 41 heavy (non-hydrogen) atoms.